The summed E-state index contributed by atoms with van der Waals surface area (Å²) >= 11 is 0. The molecule has 2 aromatic rings. The van der Waals surface area contributed by atoms with Crippen molar-refractivity contribution in [3.05, 3.63) is 54.4 Å². The fraction of sp³-hybridized carbons (Fsp3) is 0.538. The molecule has 0 aliphatic carbocycles. The molecule has 0 fully saturated rings. The van der Waals surface area contributed by atoms with E-state index in [9.17, 15) is 0 Å². The first-order chi connectivity index (χ1) is 14.8. The van der Waals surface area contributed by atoms with Gasteiger partial charge in [-0.15, -0.1) is 0 Å². The van der Waals surface area contributed by atoms with Gasteiger partial charge in [0.2, 0.25) is 0 Å². The van der Waals surface area contributed by atoms with E-state index >= 15 is 0 Å². The fourth-order valence-corrected chi connectivity index (χ4v) is 3.11. The van der Waals surface area contributed by atoms with Crippen molar-refractivity contribution in [2.24, 2.45) is 0 Å². The third-order valence-electron chi connectivity index (χ3n) is 4.85. The molecule has 2 rings (SSSR count). The van der Waals surface area contributed by atoms with Gasteiger partial charge in [-0.2, -0.15) is 0 Å². The highest BCUT2D eigenvalue weighted by Gasteiger charge is 2.03. The smallest absolute Gasteiger partial charge is 0.159 e. The minimum atomic E-state index is 0.693. The SMILES string of the molecule is CCCC=CCCCOc1cnc(-c2ccc(CCCCCOCCC)cc2)nc1. The molecule has 0 aliphatic heterocycles. The van der Waals surface area contributed by atoms with Crippen molar-refractivity contribution < 1.29 is 9.47 Å². The maximum Gasteiger partial charge on any atom is 0.159 e. The van der Waals surface area contributed by atoms with Gasteiger partial charge in [0, 0.05) is 18.8 Å². The standard InChI is InChI=1S/C26H38N2O2/c1-3-5-6-7-8-12-20-30-25-21-27-26(28-22-25)24-16-14-23(15-17-24)13-10-9-11-19-29-18-4-2/h6-7,14-17,21-22H,3-5,8-13,18-20H2,1-2H3. The van der Waals surface area contributed by atoms with Crippen molar-refractivity contribution in [3.8, 4) is 17.1 Å². The average Bonchev–Trinajstić information content (AvgIpc) is 2.79. The minimum Gasteiger partial charge on any atom is -0.490 e. The lowest BCUT2D eigenvalue weighted by Gasteiger charge is -2.07. The molecule has 0 atom stereocenters. The van der Waals surface area contributed by atoms with Crippen LogP contribution in [0.25, 0.3) is 11.4 Å². The molecule has 0 saturated heterocycles. The number of ether oxygens (including phenoxy) is 2. The van der Waals surface area contributed by atoms with Crippen LogP contribution in [0.1, 0.15) is 70.8 Å². The van der Waals surface area contributed by atoms with Crippen molar-refractivity contribution in [1.29, 1.82) is 0 Å². The second kappa shape index (κ2) is 15.6. The summed E-state index contributed by atoms with van der Waals surface area (Å²) in [4.78, 5) is 8.93. The van der Waals surface area contributed by atoms with Crippen LogP contribution in [-0.2, 0) is 11.2 Å². The zero-order chi connectivity index (χ0) is 21.3. The Kier molecular flexibility index (Phi) is 12.5. The van der Waals surface area contributed by atoms with Gasteiger partial charge in [-0.3, -0.25) is 0 Å². The zero-order valence-corrected chi connectivity index (χ0v) is 18.8. The van der Waals surface area contributed by atoms with E-state index in [-0.39, 0.29) is 0 Å². The van der Waals surface area contributed by atoms with E-state index in [2.05, 4.69) is 60.2 Å². The van der Waals surface area contributed by atoms with Crippen molar-refractivity contribution >= 4 is 0 Å². The first-order valence-electron chi connectivity index (χ1n) is 11.6. The normalized spacial score (nSPS) is 11.3. The van der Waals surface area contributed by atoms with Crippen LogP contribution in [0.4, 0.5) is 0 Å². The Morgan fingerprint density at radius 2 is 1.53 bits per heavy atom. The summed E-state index contributed by atoms with van der Waals surface area (Å²) in [5, 5.41) is 0. The maximum atomic E-state index is 5.74. The molecular weight excluding hydrogens is 372 g/mol. The molecule has 1 aromatic carbocycles. The summed E-state index contributed by atoms with van der Waals surface area (Å²) in [5.41, 5.74) is 2.40. The lowest BCUT2D eigenvalue weighted by Crippen LogP contribution is -1.98. The molecule has 0 N–H and O–H groups in total. The Balaban J connectivity index is 1.68. The molecule has 30 heavy (non-hydrogen) atoms. The molecule has 1 heterocycles. The second-order valence-corrected chi connectivity index (χ2v) is 7.61. The van der Waals surface area contributed by atoms with Gasteiger partial charge < -0.3 is 9.47 Å². The van der Waals surface area contributed by atoms with E-state index in [4.69, 9.17) is 9.47 Å². The van der Waals surface area contributed by atoms with Crippen molar-refractivity contribution in [2.75, 3.05) is 19.8 Å². The summed E-state index contributed by atoms with van der Waals surface area (Å²) in [7, 11) is 0. The Morgan fingerprint density at radius 3 is 2.27 bits per heavy atom. The number of aryl methyl sites for hydroxylation is 1. The molecule has 0 spiro atoms. The molecule has 4 heteroatoms. The third kappa shape index (κ3) is 10.0. The van der Waals surface area contributed by atoms with Crippen LogP contribution in [0, 0.1) is 0 Å². The number of benzene rings is 1. The molecule has 164 valence electrons. The monoisotopic (exact) mass is 410 g/mol. The second-order valence-electron chi connectivity index (χ2n) is 7.61. The van der Waals surface area contributed by atoms with E-state index in [1.807, 2.05) is 0 Å². The third-order valence-corrected chi connectivity index (χ3v) is 4.85. The van der Waals surface area contributed by atoms with E-state index in [1.165, 1.54) is 24.8 Å². The Bertz CT molecular complexity index is 696. The molecule has 0 radical (unpaired) electrons. The quantitative estimate of drug-likeness (QED) is 0.225. The Morgan fingerprint density at radius 1 is 0.767 bits per heavy atom. The first-order valence-corrected chi connectivity index (χ1v) is 11.6. The topological polar surface area (TPSA) is 44.2 Å². The maximum absolute atomic E-state index is 5.74. The number of hydrogen-bond acceptors (Lipinski definition) is 4. The first kappa shape index (κ1) is 24.1. The molecule has 1 aromatic heterocycles. The summed E-state index contributed by atoms with van der Waals surface area (Å²) in [6.45, 7) is 6.80. The number of hydrogen-bond donors (Lipinski definition) is 0. The van der Waals surface area contributed by atoms with Crippen LogP contribution < -0.4 is 4.74 Å². The summed E-state index contributed by atoms with van der Waals surface area (Å²) < 4.78 is 11.3. The number of nitrogens with zero attached hydrogens (tertiary/aromatic N) is 2. The average molecular weight is 411 g/mol. The van der Waals surface area contributed by atoms with E-state index < -0.39 is 0 Å². The van der Waals surface area contributed by atoms with Gasteiger partial charge in [0.05, 0.1) is 19.0 Å². The highest BCUT2D eigenvalue weighted by molar-refractivity contribution is 5.55. The molecule has 0 saturated carbocycles. The lowest BCUT2D eigenvalue weighted by molar-refractivity contribution is 0.130. The van der Waals surface area contributed by atoms with Gasteiger partial charge in [0.1, 0.15) is 0 Å². The van der Waals surface area contributed by atoms with Gasteiger partial charge >= 0.3 is 0 Å². The van der Waals surface area contributed by atoms with Gasteiger partial charge in [0.15, 0.2) is 11.6 Å². The molecule has 0 bridgehead atoms. The van der Waals surface area contributed by atoms with Crippen molar-refractivity contribution in [2.45, 2.75) is 71.6 Å². The van der Waals surface area contributed by atoms with E-state index in [0.717, 1.165) is 68.9 Å². The number of unbranched alkanes of at least 4 members (excludes halogenated alkanes) is 4. The number of aromatic nitrogens is 2. The molecule has 0 aliphatic rings. The Labute approximate surface area is 182 Å². The largest absolute Gasteiger partial charge is 0.490 e. The minimum absolute atomic E-state index is 0.693. The molecule has 4 nitrogen and oxygen atoms in total. The molecular formula is C26H38N2O2. The van der Waals surface area contributed by atoms with Gasteiger partial charge in [-0.05, 0) is 50.5 Å². The Hall–Kier alpha value is -2.20. The number of allylic oxidation sites excluding steroid dienone is 2. The van der Waals surface area contributed by atoms with Gasteiger partial charge in [-0.1, -0.05) is 63.1 Å². The van der Waals surface area contributed by atoms with Crippen LogP contribution in [-0.4, -0.2) is 29.8 Å². The predicted molar refractivity (Wildman–Crippen MR) is 125 cm³/mol. The fourth-order valence-electron chi connectivity index (χ4n) is 3.11. The summed E-state index contributed by atoms with van der Waals surface area (Å²) in [5.74, 6) is 1.47. The van der Waals surface area contributed by atoms with E-state index in [0.29, 0.717) is 6.61 Å². The van der Waals surface area contributed by atoms with Crippen molar-refractivity contribution in [3.63, 3.8) is 0 Å². The van der Waals surface area contributed by atoms with Crippen LogP contribution in [0.3, 0.4) is 0 Å². The van der Waals surface area contributed by atoms with Gasteiger partial charge in [-0.25, -0.2) is 9.97 Å². The molecule has 0 unspecified atom stereocenters. The van der Waals surface area contributed by atoms with Crippen molar-refractivity contribution in [1.82, 2.24) is 9.97 Å². The highest BCUT2D eigenvalue weighted by atomic mass is 16.5. The van der Waals surface area contributed by atoms with E-state index in [1.54, 1.807) is 12.4 Å². The number of rotatable bonds is 16. The zero-order valence-electron chi connectivity index (χ0n) is 18.8. The van der Waals surface area contributed by atoms with Crippen LogP contribution >= 0.6 is 0 Å². The van der Waals surface area contributed by atoms with Crippen LogP contribution in [0.2, 0.25) is 0 Å². The highest BCUT2D eigenvalue weighted by Crippen LogP contribution is 2.18. The summed E-state index contributed by atoms with van der Waals surface area (Å²) in [6.07, 6.45) is 18.2. The predicted octanol–water partition coefficient (Wildman–Crippen LogP) is 6.80. The van der Waals surface area contributed by atoms with Crippen LogP contribution in [0.15, 0.2) is 48.8 Å². The summed E-state index contributed by atoms with van der Waals surface area (Å²) in [6, 6.07) is 8.59. The van der Waals surface area contributed by atoms with Gasteiger partial charge in [0.25, 0.3) is 0 Å². The molecule has 0 amide bonds. The lowest BCUT2D eigenvalue weighted by atomic mass is 10.0. The van der Waals surface area contributed by atoms with Crippen LogP contribution in [0.5, 0.6) is 5.75 Å².